The fourth-order valence-electron chi connectivity index (χ4n) is 4.00. The first kappa shape index (κ1) is 26.4. The summed E-state index contributed by atoms with van der Waals surface area (Å²) >= 11 is 1.32. The Kier molecular flexibility index (Phi) is 7.39. The minimum atomic E-state index is -5.10. The highest BCUT2D eigenvalue weighted by atomic mass is 32.2. The van der Waals surface area contributed by atoms with Crippen LogP contribution in [0.3, 0.4) is 0 Å². The maximum absolute atomic E-state index is 13.3. The highest BCUT2D eigenvalue weighted by Gasteiger charge is 2.38. The number of nitro groups is 1. The number of benzene rings is 1. The zero-order valence-corrected chi connectivity index (χ0v) is 20.8. The molecular formula is C25H23F3N4O4S. The normalized spacial score (nSPS) is 13.4. The molecule has 0 unspecified atom stereocenters. The van der Waals surface area contributed by atoms with Crippen molar-refractivity contribution in [3.63, 3.8) is 0 Å². The molecule has 194 valence electrons. The second kappa shape index (κ2) is 10.4. The van der Waals surface area contributed by atoms with Gasteiger partial charge in [0, 0.05) is 29.3 Å². The van der Waals surface area contributed by atoms with Crippen molar-refractivity contribution in [2.75, 3.05) is 11.1 Å². The number of nitrogens with zero attached hydrogens (tertiary/aromatic N) is 3. The molecule has 0 atom stereocenters. The number of alkyl halides is 3. The number of aromatic nitrogens is 2. The number of anilines is 1. The van der Waals surface area contributed by atoms with Gasteiger partial charge < -0.3 is 5.32 Å². The predicted octanol–water partition coefficient (Wildman–Crippen LogP) is 6.10. The van der Waals surface area contributed by atoms with Gasteiger partial charge in [-0.25, -0.2) is 4.98 Å². The van der Waals surface area contributed by atoms with E-state index in [1.54, 1.807) is 6.07 Å². The van der Waals surface area contributed by atoms with Gasteiger partial charge in [-0.15, -0.1) is 11.8 Å². The van der Waals surface area contributed by atoms with E-state index in [0.29, 0.717) is 21.1 Å². The lowest BCUT2D eigenvalue weighted by atomic mass is 10.0. The molecule has 1 aliphatic carbocycles. The average molecular weight is 533 g/mol. The Morgan fingerprint density at radius 3 is 2.41 bits per heavy atom. The van der Waals surface area contributed by atoms with E-state index in [0.717, 1.165) is 11.1 Å². The second-order valence-corrected chi connectivity index (χ2v) is 9.76. The molecule has 0 spiro atoms. The summed E-state index contributed by atoms with van der Waals surface area (Å²) in [5.41, 5.74) is -1.33. The lowest BCUT2D eigenvalue weighted by molar-refractivity contribution is -0.384. The molecule has 0 bridgehead atoms. The van der Waals surface area contributed by atoms with Crippen LogP contribution in [0.15, 0.2) is 52.3 Å². The highest BCUT2D eigenvalue weighted by Crippen LogP contribution is 2.40. The van der Waals surface area contributed by atoms with Crippen molar-refractivity contribution in [3.05, 3.63) is 79.9 Å². The van der Waals surface area contributed by atoms with E-state index in [2.05, 4.69) is 22.4 Å². The summed E-state index contributed by atoms with van der Waals surface area (Å²) in [5.74, 6) is -0.314. The summed E-state index contributed by atoms with van der Waals surface area (Å²) in [6.45, 7) is 2.89. The molecule has 1 aromatic carbocycles. The molecule has 1 fully saturated rings. The van der Waals surface area contributed by atoms with Gasteiger partial charge in [0.1, 0.15) is 11.3 Å². The smallest absolute Gasteiger partial charge is 0.301 e. The van der Waals surface area contributed by atoms with Crippen molar-refractivity contribution >= 4 is 29.2 Å². The fraction of sp³-hybridized carbons (Fsp3) is 0.320. The second-order valence-electron chi connectivity index (χ2n) is 8.45. The summed E-state index contributed by atoms with van der Waals surface area (Å²) in [7, 11) is 0. The third kappa shape index (κ3) is 5.53. The van der Waals surface area contributed by atoms with Gasteiger partial charge in [-0.05, 0) is 48.6 Å². The Hall–Kier alpha value is -3.67. The number of halogens is 3. The molecular weight excluding hydrogens is 509 g/mol. The van der Waals surface area contributed by atoms with Gasteiger partial charge in [-0.2, -0.15) is 13.2 Å². The standard InChI is InChI=1S/C25H23F3N4O4S/c1-3-31-22(19(32(35)36)12-18(24(31)34)25(26,27)28)30-23(33)21-20(37-4-2)11-17(13-29-21)16-9-7-15(8-10-16)14-5-6-14/h7-14H,3-6H2,1-2H3,(H,30,33). The van der Waals surface area contributed by atoms with Crippen LogP contribution < -0.4 is 10.9 Å². The van der Waals surface area contributed by atoms with Crippen LogP contribution in [0.2, 0.25) is 0 Å². The molecule has 1 N–H and O–H groups in total. The van der Waals surface area contributed by atoms with Gasteiger partial charge in [-0.3, -0.25) is 24.3 Å². The molecule has 0 saturated heterocycles. The number of thioether (sulfide) groups is 1. The molecule has 1 aliphatic rings. The van der Waals surface area contributed by atoms with Crippen molar-refractivity contribution in [2.24, 2.45) is 0 Å². The zero-order valence-electron chi connectivity index (χ0n) is 20.0. The van der Waals surface area contributed by atoms with Gasteiger partial charge in [0.05, 0.1) is 4.92 Å². The molecule has 0 radical (unpaired) electrons. The quantitative estimate of drug-likeness (QED) is 0.213. The number of hydrogen-bond acceptors (Lipinski definition) is 6. The van der Waals surface area contributed by atoms with E-state index < -0.39 is 39.6 Å². The fourth-order valence-corrected chi connectivity index (χ4v) is 4.80. The first-order valence-electron chi connectivity index (χ1n) is 11.6. The predicted molar refractivity (Wildman–Crippen MR) is 134 cm³/mol. The molecule has 2 aromatic heterocycles. The van der Waals surface area contributed by atoms with Crippen molar-refractivity contribution in [1.29, 1.82) is 0 Å². The molecule has 4 rings (SSSR count). The van der Waals surface area contributed by atoms with Gasteiger partial charge in [0.15, 0.2) is 5.82 Å². The summed E-state index contributed by atoms with van der Waals surface area (Å²) in [5, 5.41) is 13.9. The van der Waals surface area contributed by atoms with Crippen LogP contribution in [-0.4, -0.2) is 26.1 Å². The Balaban J connectivity index is 1.72. The SMILES string of the molecule is CCSc1cc(-c2ccc(C3CC3)cc2)cnc1C(=O)Nc1c([N+](=O)[O-])cc(C(F)(F)F)c(=O)n1CC. The summed E-state index contributed by atoms with van der Waals surface area (Å²) < 4.78 is 40.5. The third-order valence-corrected chi connectivity index (χ3v) is 6.89. The number of pyridine rings is 2. The van der Waals surface area contributed by atoms with Crippen LogP contribution in [0.5, 0.6) is 0 Å². The Morgan fingerprint density at radius 2 is 1.86 bits per heavy atom. The summed E-state index contributed by atoms with van der Waals surface area (Å²) in [6.07, 6.45) is -1.23. The first-order valence-corrected chi connectivity index (χ1v) is 12.6. The van der Waals surface area contributed by atoms with Crippen LogP contribution in [0.4, 0.5) is 24.7 Å². The largest absolute Gasteiger partial charge is 0.421 e. The number of rotatable bonds is 8. The summed E-state index contributed by atoms with van der Waals surface area (Å²) in [4.78, 5) is 40.9. The third-order valence-electron chi connectivity index (χ3n) is 5.98. The van der Waals surface area contributed by atoms with E-state index in [1.165, 1.54) is 43.3 Å². The lowest BCUT2D eigenvalue weighted by Crippen LogP contribution is -2.32. The zero-order chi connectivity index (χ0) is 26.9. The van der Waals surface area contributed by atoms with Crippen LogP contribution in [0.25, 0.3) is 11.1 Å². The molecule has 3 aromatic rings. The number of hydrogen-bond donors (Lipinski definition) is 1. The van der Waals surface area contributed by atoms with Gasteiger partial charge in [0.2, 0.25) is 0 Å². The topological polar surface area (TPSA) is 107 Å². The average Bonchev–Trinajstić information content (AvgIpc) is 3.69. The van der Waals surface area contributed by atoms with Crippen molar-refractivity contribution in [2.45, 2.75) is 50.2 Å². The van der Waals surface area contributed by atoms with Crippen molar-refractivity contribution < 1.29 is 22.9 Å². The minimum absolute atomic E-state index is 0.0606. The van der Waals surface area contributed by atoms with Gasteiger partial charge in [-0.1, -0.05) is 31.2 Å². The number of carbonyl (C=O) groups is 1. The van der Waals surface area contributed by atoms with E-state index in [9.17, 15) is 32.9 Å². The van der Waals surface area contributed by atoms with Gasteiger partial charge in [0.25, 0.3) is 11.5 Å². The van der Waals surface area contributed by atoms with Crippen molar-refractivity contribution in [3.8, 4) is 11.1 Å². The molecule has 0 aliphatic heterocycles. The Morgan fingerprint density at radius 1 is 1.19 bits per heavy atom. The maximum atomic E-state index is 13.3. The van der Waals surface area contributed by atoms with Gasteiger partial charge >= 0.3 is 11.9 Å². The number of amides is 1. The summed E-state index contributed by atoms with van der Waals surface area (Å²) in [6, 6.07) is 10.0. The van der Waals surface area contributed by atoms with E-state index in [-0.39, 0.29) is 18.3 Å². The van der Waals surface area contributed by atoms with E-state index in [4.69, 9.17) is 0 Å². The van der Waals surface area contributed by atoms with Crippen LogP contribution in [-0.2, 0) is 12.7 Å². The van der Waals surface area contributed by atoms with Crippen LogP contribution in [0, 0.1) is 10.1 Å². The van der Waals surface area contributed by atoms with Crippen molar-refractivity contribution in [1.82, 2.24) is 9.55 Å². The lowest BCUT2D eigenvalue weighted by Gasteiger charge is -2.16. The van der Waals surface area contributed by atoms with Crippen LogP contribution >= 0.6 is 11.8 Å². The monoisotopic (exact) mass is 532 g/mol. The Labute approximate surface area is 214 Å². The molecule has 2 heterocycles. The van der Waals surface area contributed by atoms with Crippen LogP contribution in [0.1, 0.15) is 54.2 Å². The number of carbonyl (C=O) groups excluding carboxylic acids is 1. The van der Waals surface area contributed by atoms with E-state index in [1.807, 2.05) is 19.1 Å². The van der Waals surface area contributed by atoms with E-state index >= 15 is 0 Å². The molecule has 37 heavy (non-hydrogen) atoms. The molecule has 1 amide bonds. The molecule has 8 nitrogen and oxygen atoms in total. The molecule has 1 saturated carbocycles. The highest BCUT2D eigenvalue weighted by molar-refractivity contribution is 7.99. The number of nitrogens with one attached hydrogen (secondary N) is 1. The maximum Gasteiger partial charge on any atom is 0.421 e. The Bertz CT molecular complexity index is 1420. The molecule has 12 heteroatoms. The first-order chi connectivity index (χ1) is 17.5. The minimum Gasteiger partial charge on any atom is -0.301 e.